The van der Waals surface area contributed by atoms with Crippen LogP contribution in [-0.4, -0.2) is 54.6 Å². The summed E-state index contributed by atoms with van der Waals surface area (Å²) in [7, 11) is 3.74. The number of carbonyl (C=O) groups excluding carboxylic acids is 1. The van der Waals surface area contributed by atoms with Gasteiger partial charge in [-0.2, -0.15) is 0 Å². The Morgan fingerprint density at radius 3 is 2.45 bits per heavy atom. The van der Waals surface area contributed by atoms with Crippen LogP contribution in [-0.2, 0) is 17.6 Å². The summed E-state index contributed by atoms with van der Waals surface area (Å²) in [6.07, 6.45) is 5.23. The normalized spacial score (nSPS) is 15.9. The van der Waals surface area contributed by atoms with Crippen LogP contribution >= 0.6 is 0 Å². The molecule has 0 spiro atoms. The second-order valence-corrected chi connectivity index (χ2v) is 11.4. The summed E-state index contributed by atoms with van der Waals surface area (Å²) in [5.74, 6) is 1.53. The lowest BCUT2D eigenvalue weighted by atomic mass is 9.93. The molecule has 1 aromatic heterocycles. The molecular weight excluding hydrogens is 533 g/mol. The summed E-state index contributed by atoms with van der Waals surface area (Å²) in [6.45, 7) is 4.21. The zero-order chi connectivity index (χ0) is 29.2. The molecule has 1 aliphatic heterocycles. The van der Waals surface area contributed by atoms with Crippen molar-refractivity contribution in [1.29, 1.82) is 0 Å². The van der Waals surface area contributed by atoms with Gasteiger partial charge in [0.05, 0.1) is 24.9 Å². The molecule has 1 saturated heterocycles. The number of fused-ring (bicyclic) bond motifs is 2. The third-order valence-electron chi connectivity index (χ3n) is 8.43. The van der Waals surface area contributed by atoms with Gasteiger partial charge >= 0.3 is 0 Å². The molecule has 2 aliphatic rings. The summed E-state index contributed by atoms with van der Waals surface area (Å²) in [5, 5.41) is 6.73. The second kappa shape index (κ2) is 11.9. The van der Waals surface area contributed by atoms with E-state index in [4.69, 9.17) is 9.47 Å². The maximum absolute atomic E-state index is 15.7. The molecule has 6 rings (SSSR count). The Hall–Kier alpha value is -4.24. The smallest absolute Gasteiger partial charge is 0.221 e. The van der Waals surface area contributed by atoms with E-state index in [1.54, 1.807) is 13.2 Å². The summed E-state index contributed by atoms with van der Waals surface area (Å²) in [5.41, 5.74) is 4.74. The number of amides is 1. The van der Waals surface area contributed by atoms with Gasteiger partial charge in [0.1, 0.15) is 18.0 Å². The van der Waals surface area contributed by atoms with Crippen molar-refractivity contribution in [3.8, 4) is 11.5 Å². The van der Waals surface area contributed by atoms with Gasteiger partial charge in [0, 0.05) is 24.1 Å². The first kappa shape index (κ1) is 27.9. The van der Waals surface area contributed by atoms with Crippen molar-refractivity contribution in [2.45, 2.75) is 38.5 Å². The number of nitrogens with zero attached hydrogens (tertiary/aromatic N) is 3. The summed E-state index contributed by atoms with van der Waals surface area (Å²) in [4.78, 5) is 23.3. The highest BCUT2D eigenvalue weighted by Gasteiger charge is 2.27. The summed E-state index contributed by atoms with van der Waals surface area (Å²) >= 11 is 0. The lowest BCUT2D eigenvalue weighted by Crippen LogP contribution is -2.32. The SMILES string of the molecule is COc1cc2c(Nc3cc(NC(C)=O)c(C4Cc5ccccc5C4)cc3F)ncnc2cc1OCC1CCN(C)CC1. The Labute approximate surface area is 245 Å². The number of anilines is 3. The number of ether oxygens (including phenoxy) is 2. The summed E-state index contributed by atoms with van der Waals surface area (Å²) in [6, 6.07) is 15.1. The quantitative estimate of drug-likeness (QED) is 0.266. The number of benzene rings is 3. The van der Waals surface area contributed by atoms with Gasteiger partial charge in [0.15, 0.2) is 11.5 Å². The molecule has 0 atom stereocenters. The number of piperidine rings is 1. The monoisotopic (exact) mass is 569 g/mol. The van der Waals surface area contributed by atoms with Crippen LogP contribution in [0.4, 0.5) is 21.6 Å². The van der Waals surface area contributed by atoms with Crippen molar-refractivity contribution in [3.63, 3.8) is 0 Å². The molecule has 218 valence electrons. The average molecular weight is 570 g/mol. The molecule has 1 aliphatic carbocycles. The largest absolute Gasteiger partial charge is 0.493 e. The predicted molar refractivity (Wildman–Crippen MR) is 162 cm³/mol. The number of rotatable bonds is 8. The number of halogens is 1. The average Bonchev–Trinajstić information content (AvgIpc) is 3.42. The highest BCUT2D eigenvalue weighted by atomic mass is 19.1. The van der Waals surface area contributed by atoms with Crippen LogP contribution in [0.5, 0.6) is 11.5 Å². The number of hydrogen-bond acceptors (Lipinski definition) is 7. The Morgan fingerprint density at radius 2 is 1.76 bits per heavy atom. The topological polar surface area (TPSA) is 88.6 Å². The van der Waals surface area contributed by atoms with Gasteiger partial charge in [0.2, 0.25) is 5.91 Å². The van der Waals surface area contributed by atoms with E-state index in [1.165, 1.54) is 30.4 Å². The molecule has 1 amide bonds. The lowest BCUT2D eigenvalue weighted by molar-refractivity contribution is -0.114. The van der Waals surface area contributed by atoms with Crippen LogP contribution in [0.25, 0.3) is 10.9 Å². The van der Waals surface area contributed by atoms with Gasteiger partial charge < -0.3 is 25.0 Å². The Kier molecular flexibility index (Phi) is 7.93. The molecule has 0 saturated carbocycles. The molecule has 1 fully saturated rings. The molecule has 8 nitrogen and oxygen atoms in total. The van der Waals surface area contributed by atoms with Gasteiger partial charge in [-0.3, -0.25) is 4.79 Å². The third-order valence-corrected chi connectivity index (χ3v) is 8.43. The maximum Gasteiger partial charge on any atom is 0.221 e. The van der Waals surface area contributed by atoms with E-state index in [1.807, 2.05) is 24.3 Å². The van der Waals surface area contributed by atoms with E-state index in [2.05, 4.69) is 44.7 Å². The highest BCUT2D eigenvalue weighted by molar-refractivity contribution is 5.94. The highest BCUT2D eigenvalue weighted by Crippen LogP contribution is 2.40. The minimum atomic E-state index is -0.424. The lowest BCUT2D eigenvalue weighted by Gasteiger charge is -2.28. The zero-order valence-electron chi connectivity index (χ0n) is 24.2. The maximum atomic E-state index is 15.7. The molecule has 2 heterocycles. The molecule has 42 heavy (non-hydrogen) atoms. The Morgan fingerprint density at radius 1 is 1.02 bits per heavy atom. The molecule has 2 N–H and O–H groups in total. The molecule has 3 aromatic carbocycles. The van der Waals surface area contributed by atoms with Gasteiger partial charge in [0.25, 0.3) is 0 Å². The molecule has 0 bridgehead atoms. The van der Waals surface area contributed by atoms with Crippen LogP contribution in [0.3, 0.4) is 0 Å². The van der Waals surface area contributed by atoms with Gasteiger partial charge in [-0.15, -0.1) is 0 Å². The first-order chi connectivity index (χ1) is 20.4. The summed E-state index contributed by atoms with van der Waals surface area (Å²) < 4.78 is 27.5. The fourth-order valence-electron chi connectivity index (χ4n) is 6.10. The van der Waals surface area contributed by atoms with Crippen molar-refractivity contribution in [2.24, 2.45) is 5.92 Å². The molecule has 9 heteroatoms. The van der Waals surface area contributed by atoms with Gasteiger partial charge in [-0.1, -0.05) is 24.3 Å². The minimum Gasteiger partial charge on any atom is -0.493 e. The Balaban J connectivity index is 1.28. The van der Waals surface area contributed by atoms with Crippen molar-refractivity contribution < 1.29 is 18.7 Å². The van der Waals surface area contributed by atoms with E-state index in [0.717, 1.165) is 44.3 Å². The van der Waals surface area contributed by atoms with Crippen LogP contribution in [0.2, 0.25) is 0 Å². The number of hydrogen-bond donors (Lipinski definition) is 2. The molecule has 0 radical (unpaired) electrons. The first-order valence-electron chi connectivity index (χ1n) is 14.5. The second-order valence-electron chi connectivity index (χ2n) is 11.4. The Bertz CT molecular complexity index is 1590. The van der Waals surface area contributed by atoms with Crippen molar-refractivity contribution in [3.05, 3.63) is 77.4 Å². The standard InChI is InChI=1S/C33H36FN5O3/c1-20(40)37-29-16-30(27(34)14-25(29)24-12-22-6-4-5-7-23(22)13-24)38-33-26-15-31(41-3)32(17-28(26)35-19-36-33)42-18-21-8-10-39(2)11-9-21/h4-7,14-17,19,21,24H,8-13,18H2,1-3H3,(H,37,40)(H,35,36,38). The third kappa shape index (κ3) is 5.87. The fourth-order valence-corrected chi connectivity index (χ4v) is 6.10. The van der Waals surface area contributed by atoms with Crippen LogP contribution in [0, 0.1) is 11.7 Å². The van der Waals surface area contributed by atoms with Crippen LogP contribution in [0.1, 0.15) is 42.4 Å². The number of carbonyl (C=O) groups is 1. The fraction of sp³-hybridized carbons (Fsp3) is 0.364. The minimum absolute atomic E-state index is 0.0740. The van der Waals surface area contributed by atoms with E-state index < -0.39 is 5.82 Å². The molecule has 0 unspecified atom stereocenters. The van der Waals surface area contributed by atoms with E-state index in [9.17, 15) is 4.79 Å². The number of aromatic nitrogens is 2. The van der Waals surface area contributed by atoms with E-state index in [-0.39, 0.29) is 17.5 Å². The van der Waals surface area contributed by atoms with Gasteiger partial charge in [-0.25, -0.2) is 14.4 Å². The van der Waals surface area contributed by atoms with Crippen molar-refractivity contribution in [1.82, 2.24) is 14.9 Å². The molecular formula is C33H36FN5O3. The zero-order valence-corrected chi connectivity index (χ0v) is 24.2. The first-order valence-corrected chi connectivity index (χ1v) is 14.5. The van der Waals surface area contributed by atoms with Crippen molar-refractivity contribution in [2.75, 3.05) is 44.5 Å². The number of nitrogens with one attached hydrogen (secondary N) is 2. The predicted octanol–water partition coefficient (Wildman–Crippen LogP) is 6.08. The van der Waals surface area contributed by atoms with Crippen LogP contribution in [0.15, 0.2) is 54.9 Å². The number of likely N-dealkylation sites (tertiary alicyclic amines) is 1. The molecule has 4 aromatic rings. The van der Waals surface area contributed by atoms with E-state index >= 15 is 4.39 Å². The number of methoxy groups -OCH3 is 1. The van der Waals surface area contributed by atoms with E-state index in [0.29, 0.717) is 46.4 Å². The van der Waals surface area contributed by atoms with Crippen LogP contribution < -0.4 is 20.1 Å². The van der Waals surface area contributed by atoms with Gasteiger partial charge in [-0.05, 0) is 92.5 Å². The van der Waals surface area contributed by atoms with Crippen molar-refractivity contribution >= 4 is 34.0 Å².